The normalized spacial score (nSPS) is 23.5. The SMILES string of the molecule is Cc1cc([C@@H]2CCON2C(=O)[C@H]2CC[C@H](Cn3ccc4c(F)cc(C#N)cc43)CC2)co1. The molecule has 1 aliphatic carbocycles. The van der Waals surface area contributed by atoms with Crippen LogP contribution >= 0.6 is 0 Å². The Morgan fingerprint density at radius 1 is 1.22 bits per heavy atom. The quantitative estimate of drug-likeness (QED) is 0.560. The highest BCUT2D eigenvalue weighted by molar-refractivity contribution is 5.82. The molecule has 0 N–H and O–H groups in total. The maximum atomic E-state index is 14.2. The van der Waals surface area contributed by atoms with Crippen molar-refractivity contribution < 1.29 is 18.4 Å². The lowest BCUT2D eigenvalue weighted by atomic mass is 9.81. The molecule has 0 bridgehead atoms. The van der Waals surface area contributed by atoms with Gasteiger partial charge in [0.15, 0.2) is 0 Å². The van der Waals surface area contributed by atoms with Crippen molar-refractivity contribution in [3.8, 4) is 6.07 Å². The van der Waals surface area contributed by atoms with Crippen LogP contribution in [-0.2, 0) is 16.2 Å². The van der Waals surface area contributed by atoms with E-state index in [9.17, 15) is 9.18 Å². The molecule has 1 amide bonds. The second-order valence-electron chi connectivity index (χ2n) is 8.98. The lowest BCUT2D eigenvalue weighted by molar-refractivity contribution is -0.183. The van der Waals surface area contributed by atoms with Gasteiger partial charge in [-0.1, -0.05) is 0 Å². The standard InChI is InChI=1S/C25H26FN3O3/c1-16-10-20(15-31-16)23-7-9-32-29(23)25(30)19-4-2-17(3-5-19)14-28-8-6-21-22(26)11-18(13-27)12-24(21)28/h6,8,10-12,15,17,19,23H,2-5,7,9,14H2,1H3/t17-,19-,23-/m0/s1. The molecule has 6 nitrogen and oxygen atoms in total. The molecule has 1 saturated heterocycles. The van der Waals surface area contributed by atoms with Gasteiger partial charge in [-0.3, -0.25) is 9.63 Å². The highest BCUT2D eigenvalue weighted by atomic mass is 19.1. The van der Waals surface area contributed by atoms with Crippen LogP contribution < -0.4 is 0 Å². The summed E-state index contributed by atoms with van der Waals surface area (Å²) in [5.41, 5.74) is 2.08. The number of hydrogen-bond acceptors (Lipinski definition) is 4. The molecule has 1 atom stereocenters. The number of benzene rings is 1. The Morgan fingerprint density at radius 3 is 2.75 bits per heavy atom. The fraction of sp³-hybridized carbons (Fsp3) is 0.440. The van der Waals surface area contributed by atoms with Crippen LogP contribution in [0.25, 0.3) is 10.9 Å². The molecule has 0 radical (unpaired) electrons. The Bertz CT molecular complexity index is 1180. The van der Waals surface area contributed by atoms with E-state index in [-0.39, 0.29) is 23.7 Å². The zero-order chi connectivity index (χ0) is 22.2. The van der Waals surface area contributed by atoms with Gasteiger partial charge in [-0.25, -0.2) is 9.45 Å². The van der Waals surface area contributed by atoms with Crippen molar-refractivity contribution in [3.63, 3.8) is 0 Å². The highest BCUT2D eigenvalue weighted by Crippen LogP contribution is 2.37. The summed E-state index contributed by atoms with van der Waals surface area (Å²) in [7, 11) is 0. The zero-order valence-electron chi connectivity index (χ0n) is 18.1. The first-order chi connectivity index (χ1) is 15.5. The average molecular weight is 435 g/mol. The monoisotopic (exact) mass is 435 g/mol. The molecule has 1 aliphatic heterocycles. The van der Waals surface area contributed by atoms with Crippen LogP contribution in [0.5, 0.6) is 0 Å². The van der Waals surface area contributed by atoms with Crippen molar-refractivity contribution in [2.24, 2.45) is 11.8 Å². The summed E-state index contributed by atoms with van der Waals surface area (Å²) < 4.78 is 21.7. The highest BCUT2D eigenvalue weighted by Gasteiger charge is 2.37. The summed E-state index contributed by atoms with van der Waals surface area (Å²) in [5, 5.41) is 11.3. The smallest absolute Gasteiger partial charge is 0.249 e. The average Bonchev–Trinajstić information content (AvgIpc) is 3.54. The van der Waals surface area contributed by atoms with E-state index in [1.54, 1.807) is 23.5 Å². The summed E-state index contributed by atoms with van der Waals surface area (Å²) in [6, 6.07) is 8.72. The second-order valence-corrected chi connectivity index (χ2v) is 8.98. The summed E-state index contributed by atoms with van der Waals surface area (Å²) >= 11 is 0. The topological polar surface area (TPSA) is 71.4 Å². The number of aromatic nitrogens is 1. The van der Waals surface area contributed by atoms with Gasteiger partial charge in [0, 0.05) is 36.0 Å². The van der Waals surface area contributed by atoms with Gasteiger partial charge in [-0.05, 0) is 62.8 Å². The van der Waals surface area contributed by atoms with Gasteiger partial charge in [0.1, 0.15) is 11.6 Å². The van der Waals surface area contributed by atoms with Gasteiger partial charge >= 0.3 is 0 Å². The number of nitrogens with zero attached hydrogens (tertiary/aromatic N) is 3. The predicted molar refractivity (Wildman–Crippen MR) is 116 cm³/mol. The number of carbonyl (C=O) groups is 1. The lowest BCUT2D eigenvalue weighted by Crippen LogP contribution is -2.36. The number of rotatable bonds is 4. The Hall–Kier alpha value is -3.11. The van der Waals surface area contributed by atoms with Gasteiger partial charge in [-0.15, -0.1) is 0 Å². The van der Waals surface area contributed by atoms with E-state index in [1.807, 2.05) is 29.8 Å². The molecule has 1 aromatic carbocycles. The van der Waals surface area contributed by atoms with E-state index in [0.29, 0.717) is 23.5 Å². The molecule has 2 aliphatic rings. The summed E-state index contributed by atoms with van der Waals surface area (Å²) in [6.07, 6.45) is 7.88. The number of carbonyl (C=O) groups excluding carboxylic acids is 1. The zero-order valence-corrected chi connectivity index (χ0v) is 18.1. The molecule has 3 aromatic rings. The number of amides is 1. The van der Waals surface area contributed by atoms with Crippen LogP contribution in [0.4, 0.5) is 4.39 Å². The van der Waals surface area contributed by atoms with E-state index >= 15 is 0 Å². The number of aryl methyl sites for hydroxylation is 1. The lowest BCUT2D eigenvalue weighted by Gasteiger charge is -2.32. The predicted octanol–water partition coefficient (Wildman–Crippen LogP) is 5.27. The summed E-state index contributed by atoms with van der Waals surface area (Å²) in [5.74, 6) is 0.912. The maximum absolute atomic E-state index is 14.2. The summed E-state index contributed by atoms with van der Waals surface area (Å²) in [4.78, 5) is 18.9. The summed E-state index contributed by atoms with van der Waals surface area (Å²) in [6.45, 7) is 3.20. The number of hydroxylamine groups is 2. The number of furan rings is 1. The molecule has 3 heterocycles. The minimum Gasteiger partial charge on any atom is -0.469 e. The number of fused-ring (bicyclic) bond motifs is 1. The molecule has 166 valence electrons. The van der Waals surface area contributed by atoms with Gasteiger partial charge in [-0.2, -0.15) is 5.26 Å². The molecule has 0 unspecified atom stereocenters. The second kappa shape index (κ2) is 8.44. The van der Waals surface area contributed by atoms with Gasteiger partial charge < -0.3 is 8.98 Å². The van der Waals surface area contributed by atoms with Crippen LogP contribution in [0.2, 0.25) is 0 Å². The Balaban J connectivity index is 1.23. The van der Waals surface area contributed by atoms with Crippen LogP contribution in [0.1, 0.15) is 55.0 Å². The first kappa shape index (κ1) is 20.8. The minimum atomic E-state index is -0.361. The van der Waals surface area contributed by atoms with Crippen LogP contribution in [0, 0.1) is 35.9 Å². The molecule has 0 spiro atoms. The van der Waals surface area contributed by atoms with E-state index in [1.165, 1.54) is 6.07 Å². The third-order valence-electron chi connectivity index (χ3n) is 6.88. The molecule has 2 aromatic heterocycles. The molecule has 32 heavy (non-hydrogen) atoms. The molecular formula is C25H26FN3O3. The number of halogens is 1. The van der Waals surface area contributed by atoms with E-state index in [4.69, 9.17) is 14.5 Å². The Labute approximate surface area is 186 Å². The third kappa shape index (κ3) is 3.80. The van der Waals surface area contributed by atoms with Gasteiger partial charge in [0.25, 0.3) is 0 Å². The van der Waals surface area contributed by atoms with Crippen LogP contribution in [0.15, 0.2) is 41.1 Å². The van der Waals surface area contributed by atoms with Crippen LogP contribution in [0.3, 0.4) is 0 Å². The van der Waals surface area contributed by atoms with Crippen molar-refractivity contribution in [3.05, 3.63) is 59.4 Å². The Kier molecular flexibility index (Phi) is 5.48. The number of hydrogen-bond donors (Lipinski definition) is 0. The first-order valence-electron chi connectivity index (χ1n) is 11.2. The van der Waals surface area contributed by atoms with Crippen molar-refractivity contribution in [2.45, 2.75) is 51.6 Å². The van der Waals surface area contributed by atoms with Crippen molar-refractivity contribution in [1.29, 1.82) is 5.26 Å². The van der Waals surface area contributed by atoms with Gasteiger partial charge in [0.2, 0.25) is 5.91 Å². The van der Waals surface area contributed by atoms with E-state index in [0.717, 1.165) is 55.5 Å². The van der Waals surface area contributed by atoms with E-state index < -0.39 is 0 Å². The molecular weight excluding hydrogens is 409 g/mol. The fourth-order valence-corrected chi connectivity index (χ4v) is 5.15. The molecule has 2 fully saturated rings. The molecule has 1 saturated carbocycles. The van der Waals surface area contributed by atoms with Crippen molar-refractivity contribution >= 4 is 16.8 Å². The van der Waals surface area contributed by atoms with Gasteiger partial charge in [0.05, 0.1) is 36.1 Å². The number of nitriles is 1. The maximum Gasteiger partial charge on any atom is 0.249 e. The first-order valence-corrected chi connectivity index (χ1v) is 11.2. The van der Waals surface area contributed by atoms with Crippen molar-refractivity contribution in [2.75, 3.05) is 6.61 Å². The van der Waals surface area contributed by atoms with Crippen LogP contribution in [-0.4, -0.2) is 22.1 Å². The largest absolute Gasteiger partial charge is 0.469 e. The Morgan fingerprint density at radius 2 is 2.03 bits per heavy atom. The minimum absolute atomic E-state index is 0.0381. The third-order valence-corrected chi connectivity index (χ3v) is 6.88. The molecule has 5 rings (SSSR count). The van der Waals surface area contributed by atoms with E-state index in [2.05, 4.69) is 0 Å². The fourth-order valence-electron chi connectivity index (χ4n) is 5.15. The molecule has 7 heteroatoms. The van der Waals surface area contributed by atoms with Crippen molar-refractivity contribution in [1.82, 2.24) is 9.63 Å².